The van der Waals surface area contributed by atoms with E-state index in [1.54, 1.807) is 0 Å². The van der Waals surface area contributed by atoms with Gasteiger partial charge in [0.2, 0.25) is 5.96 Å². The molecule has 3 nitrogen and oxygen atoms in total. The molecular formula is C11H14ClN3S. The summed E-state index contributed by atoms with van der Waals surface area (Å²) < 4.78 is 3.16. The number of guanidine groups is 1. The Morgan fingerprint density at radius 1 is 1.31 bits per heavy atom. The highest BCUT2D eigenvalue weighted by Gasteiger charge is 2.16. The Labute approximate surface area is 105 Å². The summed E-state index contributed by atoms with van der Waals surface area (Å²) in [7, 11) is 0. The van der Waals surface area contributed by atoms with E-state index in [0.717, 1.165) is 21.6 Å². The molecule has 0 bridgehead atoms. The lowest BCUT2D eigenvalue weighted by Gasteiger charge is -2.23. The first-order valence-corrected chi connectivity index (χ1v) is 6.23. The zero-order valence-corrected chi connectivity index (χ0v) is 11.0. The Bertz CT molecular complexity index is 437. The van der Waals surface area contributed by atoms with Gasteiger partial charge in [0.05, 0.1) is 16.1 Å². The Hall–Kier alpha value is -0.870. The Kier molecular flexibility index (Phi) is 3.04. The van der Waals surface area contributed by atoms with E-state index in [4.69, 9.17) is 11.6 Å². The topological polar surface area (TPSA) is 36.4 Å². The van der Waals surface area contributed by atoms with Crippen LogP contribution in [0.3, 0.4) is 0 Å². The van der Waals surface area contributed by atoms with Crippen LogP contribution in [0.5, 0.6) is 0 Å². The number of anilines is 1. The molecule has 0 spiro atoms. The van der Waals surface area contributed by atoms with Crippen LogP contribution in [0, 0.1) is 0 Å². The summed E-state index contributed by atoms with van der Waals surface area (Å²) in [4.78, 5) is 5.61. The summed E-state index contributed by atoms with van der Waals surface area (Å²) >= 11 is 7.44. The van der Waals surface area contributed by atoms with E-state index < -0.39 is 0 Å². The van der Waals surface area contributed by atoms with Crippen LogP contribution < -0.4 is 10.0 Å². The third-order valence-corrected chi connectivity index (χ3v) is 2.99. The molecule has 16 heavy (non-hydrogen) atoms. The molecule has 2 N–H and O–H groups in total. The van der Waals surface area contributed by atoms with Crippen molar-refractivity contribution in [2.24, 2.45) is 4.99 Å². The molecule has 0 saturated carbocycles. The largest absolute Gasteiger partial charge is 0.325 e. The second-order valence-corrected chi connectivity index (χ2v) is 5.89. The predicted octanol–water partition coefficient (Wildman–Crippen LogP) is 3.52. The average Bonchev–Trinajstić information content (AvgIpc) is 2.16. The second kappa shape index (κ2) is 4.18. The fourth-order valence-corrected chi connectivity index (χ4v) is 2.28. The lowest BCUT2D eigenvalue weighted by atomic mass is 10.1. The first kappa shape index (κ1) is 11.6. The molecule has 0 aromatic heterocycles. The molecule has 1 heterocycles. The monoisotopic (exact) mass is 255 g/mol. The summed E-state index contributed by atoms with van der Waals surface area (Å²) in [6, 6.07) is 5.76. The van der Waals surface area contributed by atoms with Crippen molar-refractivity contribution in [3.63, 3.8) is 0 Å². The lowest BCUT2D eigenvalue weighted by Crippen LogP contribution is -2.32. The van der Waals surface area contributed by atoms with Crippen molar-refractivity contribution in [3.05, 3.63) is 23.2 Å². The molecular weight excluding hydrogens is 242 g/mol. The molecule has 2 rings (SSSR count). The molecule has 1 aromatic rings. The van der Waals surface area contributed by atoms with Gasteiger partial charge in [-0.15, -0.1) is 0 Å². The van der Waals surface area contributed by atoms with Gasteiger partial charge in [-0.2, -0.15) is 0 Å². The van der Waals surface area contributed by atoms with E-state index in [1.807, 2.05) is 18.2 Å². The first-order chi connectivity index (χ1) is 7.44. The van der Waals surface area contributed by atoms with Gasteiger partial charge in [-0.1, -0.05) is 11.6 Å². The zero-order valence-electron chi connectivity index (χ0n) is 9.47. The number of aliphatic imine (C=N–C) groups is 1. The minimum atomic E-state index is -0.0974. The van der Waals surface area contributed by atoms with Crippen LogP contribution in [0.4, 0.5) is 5.69 Å². The van der Waals surface area contributed by atoms with Gasteiger partial charge in [0.15, 0.2) is 0 Å². The molecule has 0 amide bonds. The summed E-state index contributed by atoms with van der Waals surface area (Å²) in [5, 5.41) is 3.98. The number of hydrogen-bond donors (Lipinski definition) is 2. The molecule has 0 unspecified atom stereocenters. The highest BCUT2D eigenvalue weighted by molar-refractivity contribution is 7.98. The van der Waals surface area contributed by atoms with E-state index in [9.17, 15) is 0 Å². The quantitative estimate of drug-likeness (QED) is 0.697. The smallest absolute Gasteiger partial charge is 0.206 e. The third-order valence-electron chi connectivity index (χ3n) is 1.90. The number of hydrogen-bond acceptors (Lipinski definition) is 2. The van der Waals surface area contributed by atoms with Gasteiger partial charge in [-0.25, -0.2) is 4.99 Å². The molecule has 0 aliphatic carbocycles. The van der Waals surface area contributed by atoms with E-state index in [-0.39, 0.29) is 5.54 Å². The Morgan fingerprint density at radius 2 is 2.06 bits per heavy atom. The Morgan fingerprint density at radius 3 is 2.75 bits per heavy atom. The second-order valence-electron chi connectivity index (χ2n) is 4.60. The molecule has 0 atom stereocenters. The number of rotatable bonds is 0. The molecule has 0 saturated heterocycles. The molecule has 0 fully saturated rings. The van der Waals surface area contributed by atoms with Crippen LogP contribution in [0.15, 0.2) is 28.1 Å². The van der Waals surface area contributed by atoms with Gasteiger partial charge in [-0.3, -0.25) is 4.72 Å². The van der Waals surface area contributed by atoms with Gasteiger partial charge in [-0.05, 0) is 50.9 Å². The predicted molar refractivity (Wildman–Crippen MR) is 71.3 cm³/mol. The lowest BCUT2D eigenvalue weighted by molar-refractivity contribution is 0.582. The van der Waals surface area contributed by atoms with Crippen molar-refractivity contribution < 1.29 is 0 Å². The van der Waals surface area contributed by atoms with Gasteiger partial charge in [0.25, 0.3) is 0 Å². The molecule has 1 aliphatic heterocycles. The van der Waals surface area contributed by atoms with Crippen LogP contribution in [-0.4, -0.2) is 11.5 Å². The molecule has 86 valence electrons. The van der Waals surface area contributed by atoms with E-state index in [2.05, 4.69) is 35.8 Å². The minimum absolute atomic E-state index is 0.0974. The maximum absolute atomic E-state index is 5.92. The SMILES string of the molecule is CC(C)(C)N=C1NSc2cc(Cl)ccc2N1. The van der Waals surface area contributed by atoms with Crippen molar-refractivity contribution >= 4 is 35.2 Å². The van der Waals surface area contributed by atoms with Crippen molar-refractivity contribution in [3.8, 4) is 0 Å². The van der Waals surface area contributed by atoms with Crippen LogP contribution in [-0.2, 0) is 0 Å². The molecule has 0 radical (unpaired) electrons. The number of benzene rings is 1. The van der Waals surface area contributed by atoms with Crippen molar-refractivity contribution in [2.45, 2.75) is 31.2 Å². The van der Waals surface area contributed by atoms with Crippen LogP contribution in [0.1, 0.15) is 20.8 Å². The maximum atomic E-state index is 5.92. The molecule has 1 aliphatic rings. The van der Waals surface area contributed by atoms with E-state index in [1.165, 1.54) is 11.9 Å². The number of nitrogens with zero attached hydrogens (tertiary/aromatic N) is 1. The highest BCUT2D eigenvalue weighted by atomic mass is 35.5. The van der Waals surface area contributed by atoms with Gasteiger partial charge < -0.3 is 5.32 Å². The minimum Gasteiger partial charge on any atom is -0.325 e. The van der Waals surface area contributed by atoms with Crippen molar-refractivity contribution in [1.82, 2.24) is 4.72 Å². The van der Waals surface area contributed by atoms with Crippen LogP contribution in [0.25, 0.3) is 0 Å². The van der Waals surface area contributed by atoms with E-state index >= 15 is 0 Å². The van der Waals surface area contributed by atoms with Crippen molar-refractivity contribution in [2.75, 3.05) is 5.32 Å². The fourth-order valence-electron chi connectivity index (χ4n) is 1.33. The zero-order chi connectivity index (χ0) is 11.8. The van der Waals surface area contributed by atoms with Gasteiger partial charge in [0.1, 0.15) is 0 Å². The maximum Gasteiger partial charge on any atom is 0.206 e. The third kappa shape index (κ3) is 2.83. The molecule has 1 aromatic carbocycles. The van der Waals surface area contributed by atoms with Crippen LogP contribution >= 0.6 is 23.5 Å². The average molecular weight is 256 g/mol. The normalized spacial score (nSPS) is 17.6. The molecule has 5 heteroatoms. The highest BCUT2D eigenvalue weighted by Crippen LogP contribution is 2.31. The summed E-state index contributed by atoms with van der Waals surface area (Å²) in [6.07, 6.45) is 0. The standard InChI is InChI=1S/C11H14ClN3S/c1-11(2,3)14-10-13-8-5-4-7(12)6-9(8)16-15-10/h4-6H,1-3H3,(H2,13,14,15). The number of fused-ring (bicyclic) bond motifs is 1. The number of nitrogens with one attached hydrogen (secondary N) is 2. The van der Waals surface area contributed by atoms with Crippen LogP contribution in [0.2, 0.25) is 5.02 Å². The summed E-state index contributed by atoms with van der Waals surface area (Å²) in [6.45, 7) is 6.18. The summed E-state index contributed by atoms with van der Waals surface area (Å²) in [5.74, 6) is 0.785. The Balaban J connectivity index is 2.25. The summed E-state index contributed by atoms with van der Waals surface area (Å²) in [5.41, 5.74) is 0.941. The van der Waals surface area contributed by atoms with Gasteiger partial charge in [0, 0.05) is 5.02 Å². The van der Waals surface area contributed by atoms with Crippen molar-refractivity contribution in [1.29, 1.82) is 0 Å². The van der Waals surface area contributed by atoms with E-state index in [0.29, 0.717) is 0 Å². The first-order valence-electron chi connectivity index (χ1n) is 5.03. The number of halogens is 1. The van der Waals surface area contributed by atoms with Gasteiger partial charge >= 0.3 is 0 Å². The fraction of sp³-hybridized carbons (Fsp3) is 0.364.